The van der Waals surface area contributed by atoms with Gasteiger partial charge in [-0.15, -0.1) is 0 Å². The topological polar surface area (TPSA) is 95.0 Å². The molecule has 0 unspecified atom stereocenters. The third-order valence-corrected chi connectivity index (χ3v) is 3.76. The predicted molar refractivity (Wildman–Crippen MR) is 73.0 cm³/mol. The Morgan fingerprint density at radius 3 is 2.21 bits per heavy atom. The Labute approximate surface area is 112 Å². The van der Waals surface area contributed by atoms with Gasteiger partial charge in [0.25, 0.3) is 11.5 Å². The van der Waals surface area contributed by atoms with Gasteiger partial charge < -0.3 is 10.6 Å². The lowest BCUT2D eigenvalue weighted by Gasteiger charge is -2.54. The Morgan fingerprint density at radius 1 is 1.26 bits per heavy atom. The van der Waals surface area contributed by atoms with E-state index in [2.05, 4.69) is 10.2 Å². The number of likely N-dealkylation sites (tertiary alicyclic amines) is 1. The third kappa shape index (κ3) is 2.45. The van der Waals surface area contributed by atoms with Crippen LogP contribution in [0.2, 0.25) is 0 Å². The van der Waals surface area contributed by atoms with Crippen molar-refractivity contribution in [2.75, 3.05) is 0 Å². The molecular formula is C13H22N4O2. The van der Waals surface area contributed by atoms with Crippen LogP contribution in [-0.4, -0.2) is 38.1 Å². The average molecular weight is 266 g/mol. The van der Waals surface area contributed by atoms with Crippen molar-refractivity contribution in [3.8, 4) is 0 Å². The molecule has 0 atom stereocenters. The first-order valence-corrected chi connectivity index (χ1v) is 6.51. The fourth-order valence-corrected chi connectivity index (χ4v) is 3.47. The molecule has 4 N–H and O–H groups in total. The van der Waals surface area contributed by atoms with Gasteiger partial charge in [-0.05, 0) is 40.5 Å². The molecule has 0 bridgehead atoms. The largest absolute Gasteiger partial charge is 0.328 e. The molecule has 19 heavy (non-hydrogen) atoms. The number of nitrogens with one attached hydrogen (secondary N) is 2. The van der Waals surface area contributed by atoms with Crippen LogP contribution in [0.3, 0.4) is 0 Å². The van der Waals surface area contributed by atoms with Crippen molar-refractivity contribution in [3.05, 3.63) is 22.1 Å². The molecule has 6 nitrogen and oxygen atoms in total. The van der Waals surface area contributed by atoms with Gasteiger partial charge in [0.2, 0.25) is 0 Å². The van der Waals surface area contributed by atoms with Crippen molar-refractivity contribution >= 4 is 5.91 Å². The van der Waals surface area contributed by atoms with Crippen LogP contribution in [0.25, 0.3) is 0 Å². The van der Waals surface area contributed by atoms with Crippen LogP contribution in [0.4, 0.5) is 0 Å². The quantitative estimate of drug-likeness (QED) is 0.702. The molecule has 6 heteroatoms. The lowest BCUT2D eigenvalue weighted by Crippen LogP contribution is -2.65. The molecule has 2 rings (SSSR count). The molecule has 1 saturated heterocycles. The Morgan fingerprint density at radius 2 is 1.79 bits per heavy atom. The molecule has 1 aliphatic heterocycles. The van der Waals surface area contributed by atoms with E-state index in [4.69, 9.17) is 5.73 Å². The Kier molecular flexibility index (Phi) is 3.09. The van der Waals surface area contributed by atoms with Crippen LogP contribution in [0.15, 0.2) is 10.9 Å². The normalized spacial score (nSPS) is 22.5. The van der Waals surface area contributed by atoms with Gasteiger partial charge >= 0.3 is 0 Å². The van der Waals surface area contributed by atoms with E-state index in [0.29, 0.717) is 5.69 Å². The number of amides is 1. The number of piperidine rings is 1. The fourth-order valence-electron chi connectivity index (χ4n) is 3.47. The highest BCUT2D eigenvalue weighted by molar-refractivity contribution is 5.93. The molecule has 0 radical (unpaired) electrons. The van der Waals surface area contributed by atoms with Crippen LogP contribution in [0.5, 0.6) is 0 Å². The maximum Gasteiger partial charge on any atom is 0.272 e. The van der Waals surface area contributed by atoms with Crippen molar-refractivity contribution < 1.29 is 4.79 Å². The lowest BCUT2D eigenvalue weighted by molar-refractivity contribution is -0.0176. The molecule has 0 aromatic carbocycles. The summed E-state index contributed by atoms with van der Waals surface area (Å²) in [5.74, 6) is -0.166. The van der Waals surface area contributed by atoms with Crippen LogP contribution in [0, 0.1) is 0 Å². The van der Waals surface area contributed by atoms with Gasteiger partial charge in [-0.1, -0.05) is 0 Å². The maximum atomic E-state index is 12.6. The van der Waals surface area contributed by atoms with E-state index in [1.807, 2.05) is 32.6 Å². The summed E-state index contributed by atoms with van der Waals surface area (Å²) in [5.41, 5.74) is 5.40. The number of H-pyrrole nitrogens is 2. The van der Waals surface area contributed by atoms with Gasteiger partial charge in [0.15, 0.2) is 0 Å². The predicted octanol–water partition coefficient (Wildman–Crippen LogP) is 0.824. The van der Waals surface area contributed by atoms with E-state index >= 15 is 0 Å². The molecule has 0 spiro atoms. The highest BCUT2D eigenvalue weighted by atomic mass is 16.2. The number of carbonyl (C=O) groups is 1. The van der Waals surface area contributed by atoms with Gasteiger partial charge in [0, 0.05) is 23.2 Å². The molecular weight excluding hydrogens is 244 g/mol. The van der Waals surface area contributed by atoms with Gasteiger partial charge in [0.1, 0.15) is 5.69 Å². The van der Waals surface area contributed by atoms with Crippen molar-refractivity contribution in [2.45, 2.75) is 57.7 Å². The minimum absolute atomic E-state index is 0.0827. The lowest BCUT2D eigenvalue weighted by atomic mass is 9.77. The van der Waals surface area contributed by atoms with Crippen LogP contribution < -0.4 is 11.3 Å². The van der Waals surface area contributed by atoms with Crippen molar-refractivity contribution in [1.29, 1.82) is 0 Å². The number of hydrogen-bond acceptors (Lipinski definition) is 3. The zero-order valence-corrected chi connectivity index (χ0v) is 11.9. The fraction of sp³-hybridized carbons (Fsp3) is 0.692. The summed E-state index contributed by atoms with van der Waals surface area (Å²) in [6.07, 6.45) is 1.49. The number of aromatic nitrogens is 2. The van der Waals surface area contributed by atoms with E-state index in [-0.39, 0.29) is 28.6 Å². The van der Waals surface area contributed by atoms with E-state index in [0.717, 1.165) is 12.8 Å². The Bertz CT molecular complexity index is 523. The number of aromatic amines is 2. The average Bonchev–Trinajstić information content (AvgIpc) is 2.59. The molecule has 0 saturated carbocycles. The number of nitrogens with two attached hydrogens (primary N) is 1. The molecule has 1 fully saturated rings. The standard InChI is InChI=1S/C13H22N4O2/c1-12(2)6-8(14)7-13(3,4)17(12)11(19)9-5-10(18)16-15-9/h5,8H,6-7,14H2,1-4H3,(H2,15,16,18). The molecule has 2 heterocycles. The zero-order valence-electron chi connectivity index (χ0n) is 11.9. The maximum absolute atomic E-state index is 12.6. The van der Waals surface area contributed by atoms with Gasteiger partial charge in [-0.25, -0.2) is 0 Å². The number of carbonyl (C=O) groups excluding carboxylic acids is 1. The highest BCUT2D eigenvalue weighted by Crippen LogP contribution is 2.38. The SMILES string of the molecule is CC1(C)CC(N)CC(C)(C)N1C(=O)c1cc(=O)[nH][nH]1. The summed E-state index contributed by atoms with van der Waals surface area (Å²) in [5, 5.41) is 5.03. The van der Waals surface area contributed by atoms with E-state index in [1.54, 1.807) is 0 Å². The van der Waals surface area contributed by atoms with Crippen LogP contribution in [0.1, 0.15) is 51.0 Å². The number of rotatable bonds is 1. The Balaban J connectivity index is 2.40. The summed E-state index contributed by atoms with van der Waals surface area (Å²) < 4.78 is 0. The Hall–Kier alpha value is -1.56. The van der Waals surface area contributed by atoms with E-state index < -0.39 is 0 Å². The minimum atomic E-state index is -0.341. The first-order valence-electron chi connectivity index (χ1n) is 6.51. The van der Waals surface area contributed by atoms with Crippen molar-refractivity contribution in [3.63, 3.8) is 0 Å². The second-order valence-electron chi connectivity index (χ2n) is 6.61. The van der Waals surface area contributed by atoms with E-state index in [1.165, 1.54) is 6.07 Å². The summed E-state index contributed by atoms with van der Waals surface area (Å²) in [7, 11) is 0. The highest BCUT2D eigenvalue weighted by Gasteiger charge is 2.47. The molecule has 1 aromatic rings. The zero-order chi connectivity index (χ0) is 14.4. The summed E-state index contributed by atoms with van der Waals surface area (Å²) >= 11 is 0. The van der Waals surface area contributed by atoms with Crippen LogP contribution in [-0.2, 0) is 0 Å². The second-order valence-corrected chi connectivity index (χ2v) is 6.61. The van der Waals surface area contributed by atoms with Gasteiger partial charge in [0.05, 0.1) is 0 Å². The van der Waals surface area contributed by atoms with Gasteiger partial charge in [-0.3, -0.25) is 19.8 Å². The summed E-state index contributed by atoms with van der Waals surface area (Å²) in [6, 6.07) is 1.38. The van der Waals surface area contributed by atoms with Crippen LogP contribution >= 0.6 is 0 Å². The minimum Gasteiger partial charge on any atom is -0.328 e. The van der Waals surface area contributed by atoms with Gasteiger partial charge in [-0.2, -0.15) is 0 Å². The van der Waals surface area contributed by atoms with E-state index in [9.17, 15) is 9.59 Å². The number of nitrogens with zero attached hydrogens (tertiary/aromatic N) is 1. The summed E-state index contributed by atoms with van der Waals surface area (Å²) in [6.45, 7) is 8.04. The summed E-state index contributed by atoms with van der Waals surface area (Å²) in [4.78, 5) is 25.7. The molecule has 1 aliphatic rings. The molecule has 0 aliphatic carbocycles. The smallest absolute Gasteiger partial charge is 0.272 e. The first-order chi connectivity index (χ1) is 8.63. The monoisotopic (exact) mass is 266 g/mol. The van der Waals surface area contributed by atoms with Crippen molar-refractivity contribution in [1.82, 2.24) is 15.1 Å². The first kappa shape index (κ1) is 13.9. The molecule has 106 valence electrons. The molecule has 1 aromatic heterocycles. The van der Waals surface area contributed by atoms with Crippen molar-refractivity contribution in [2.24, 2.45) is 5.73 Å². The second kappa shape index (κ2) is 4.23. The number of hydrogen-bond donors (Lipinski definition) is 3. The third-order valence-electron chi connectivity index (χ3n) is 3.76. The molecule has 1 amide bonds.